The average Bonchev–Trinajstić information content (AvgIpc) is 3.01. The molecule has 1 aromatic carbocycles. The summed E-state index contributed by atoms with van der Waals surface area (Å²) in [5.41, 5.74) is 1.43. The maximum Gasteiger partial charge on any atom is 0.307 e. The van der Waals surface area contributed by atoms with E-state index < -0.39 is 11.9 Å². The quantitative estimate of drug-likeness (QED) is 0.479. The Morgan fingerprint density at radius 2 is 2.16 bits per heavy atom. The lowest BCUT2D eigenvalue weighted by Gasteiger charge is -2.13. The first-order valence-electron chi connectivity index (χ1n) is 7.47. The normalized spacial score (nSPS) is 19.3. The van der Waals surface area contributed by atoms with Crippen molar-refractivity contribution in [2.24, 2.45) is 0 Å². The first-order valence-corrected chi connectivity index (χ1v) is 9.07. The van der Waals surface area contributed by atoms with Crippen molar-refractivity contribution in [1.82, 2.24) is 4.90 Å². The van der Waals surface area contributed by atoms with Gasteiger partial charge in [-0.25, -0.2) is 0 Å². The third-order valence-corrected chi connectivity index (χ3v) is 5.33. The Morgan fingerprint density at radius 3 is 2.88 bits per heavy atom. The summed E-state index contributed by atoms with van der Waals surface area (Å²) < 4.78 is 5.16. The van der Waals surface area contributed by atoms with Gasteiger partial charge in [0.25, 0.3) is 11.8 Å². The molecular formula is C16H13ClN2O4S2. The number of thiocarbonyl (C=S) groups is 1. The fourth-order valence-electron chi connectivity index (χ4n) is 2.54. The molecule has 1 fully saturated rings. The van der Waals surface area contributed by atoms with E-state index in [-0.39, 0.29) is 36.0 Å². The molecule has 0 saturated carbocycles. The van der Waals surface area contributed by atoms with Gasteiger partial charge in [0.1, 0.15) is 4.32 Å². The zero-order chi connectivity index (χ0) is 18.1. The van der Waals surface area contributed by atoms with Gasteiger partial charge >= 0.3 is 5.97 Å². The topological polar surface area (TPSA) is 75.7 Å². The van der Waals surface area contributed by atoms with Gasteiger partial charge < -0.3 is 10.1 Å². The van der Waals surface area contributed by atoms with E-state index >= 15 is 0 Å². The van der Waals surface area contributed by atoms with Crippen LogP contribution >= 0.6 is 35.6 Å². The number of thioether (sulfide) groups is 1. The fourth-order valence-corrected chi connectivity index (χ4v) is 4.10. The number of carbonyl (C=O) groups is 3. The van der Waals surface area contributed by atoms with E-state index in [0.717, 1.165) is 11.8 Å². The molecule has 0 bridgehead atoms. The number of carbonyl (C=O) groups excluding carboxylic acids is 3. The van der Waals surface area contributed by atoms with Crippen LogP contribution in [-0.2, 0) is 19.1 Å². The van der Waals surface area contributed by atoms with Gasteiger partial charge in [-0.05, 0) is 25.1 Å². The van der Waals surface area contributed by atoms with Crippen molar-refractivity contribution in [1.29, 1.82) is 0 Å². The van der Waals surface area contributed by atoms with E-state index in [2.05, 4.69) is 5.32 Å². The summed E-state index contributed by atoms with van der Waals surface area (Å²) in [6.45, 7) is 2.10. The first kappa shape index (κ1) is 17.9. The lowest BCUT2D eigenvalue weighted by molar-refractivity contribution is -0.143. The molecule has 9 heteroatoms. The monoisotopic (exact) mass is 396 g/mol. The second-order valence-corrected chi connectivity index (χ2v) is 7.31. The average molecular weight is 397 g/mol. The number of benzene rings is 1. The van der Waals surface area contributed by atoms with Crippen LogP contribution in [0.15, 0.2) is 23.1 Å². The molecule has 1 N–H and O–H groups in total. The molecule has 0 radical (unpaired) electrons. The van der Waals surface area contributed by atoms with Gasteiger partial charge in [0.05, 0.1) is 23.5 Å². The molecule has 0 unspecified atom stereocenters. The van der Waals surface area contributed by atoms with E-state index in [0.29, 0.717) is 20.6 Å². The van der Waals surface area contributed by atoms with Gasteiger partial charge in [-0.2, -0.15) is 0 Å². The molecule has 6 nitrogen and oxygen atoms in total. The molecule has 2 heterocycles. The van der Waals surface area contributed by atoms with Crippen LogP contribution in [0.5, 0.6) is 0 Å². The summed E-state index contributed by atoms with van der Waals surface area (Å²) in [7, 11) is 0. The number of esters is 1. The number of anilines is 1. The van der Waals surface area contributed by atoms with E-state index in [1.807, 2.05) is 0 Å². The largest absolute Gasteiger partial charge is 0.466 e. The van der Waals surface area contributed by atoms with E-state index in [1.165, 1.54) is 4.90 Å². The number of nitrogens with zero attached hydrogens (tertiary/aromatic N) is 1. The highest BCUT2D eigenvalue weighted by Gasteiger charge is 2.39. The molecule has 2 amide bonds. The van der Waals surface area contributed by atoms with E-state index in [4.69, 9.17) is 28.6 Å². The summed E-state index contributed by atoms with van der Waals surface area (Å²) in [5.74, 6) is -1.17. The van der Waals surface area contributed by atoms with Crippen molar-refractivity contribution < 1.29 is 19.1 Å². The number of nitrogens with one attached hydrogen (secondary N) is 1. The lowest BCUT2D eigenvalue weighted by Crippen LogP contribution is -2.31. The zero-order valence-corrected chi connectivity index (χ0v) is 15.5. The Labute approximate surface area is 158 Å². The fraction of sp³-hybridized carbons (Fsp3) is 0.250. The van der Waals surface area contributed by atoms with Crippen LogP contribution in [0.25, 0.3) is 5.57 Å². The van der Waals surface area contributed by atoms with Crippen molar-refractivity contribution in [2.45, 2.75) is 13.3 Å². The minimum absolute atomic E-state index is 0.0392. The second-order valence-electron chi connectivity index (χ2n) is 5.23. The van der Waals surface area contributed by atoms with Crippen LogP contribution in [-0.4, -0.2) is 40.2 Å². The Morgan fingerprint density at radius 1 is 1.40 bits per heavy atom. The van der Waals surface area contributed by atoms with E-state index in [1.54, 1.807) is 25.1 Å². The van der Waals surface area contributed by atoms with Crippen molar-refractivity contribution in [3.63, 3.8) is 0 Å². The van der Waals surface area contributed by atoms with Crippen LogP contribution < -0.4 is 5.32 Å². The maximum absolute atomic E-state index is 12.7. The van der Waals surface area contributed by atoms with Crippen molar-refractivity contribution >= 4 is 68.9 Å². The molecule has 2 aliphatic heterocycles. The summed E-state index contributed by atoms with van der Waals surface area (Å²) in [6, 6.07) is 4.98. The summed E-state index contributed by atoms with van der Waals surface area (Å²) >= 11 is 12.3. The second kappa shape index (κ2) is 7.15. The SMILES string of the molecule is CCOC(=O)CCN1C(=O)/C(=C2/C(=O)Nc3ccc(Cl)cc32)SC1=S. The highest BCUT2D eigenvalue weighted by atomic mass is 35.5. The minimum atomic E-state index is -0.403. The highest BCUT2D eigenvalue weighted by Crippen LogP contribution is 2.42. The smallest absolute Gasteiger partial charge is 0.307 e. The van der Waals surface area contributed by atoms with Crippen LogP contribution in [0, 0.1) is 0 Å². The molecule has 2 aliphatic rings. The third kappa shape index (κ3) is 3.42. The molecule has 1 aromatic rings. The molecule has 1 saturated heterocycles. The third-order valence-electron chi connectivity index (χ3n) is 3.65. The Bertz CT molecular complexity index is 837. The lowest BCUT2D eigenvalue weighted by atomic mass is 10.1. The van der Waals surface area contributed by atoms with Crippen molar-refractivity contribution in [3.8, 4) is 0 Å². The van der Waals surface area contributed by atoms with Gasteiger partial charge in [-0.15, -0.1) is 0 Å². The molecule has 0 spiro atoms. The van der Waals surface area contributed by atoms with Gasteiger partial charge in [0.15, 0.2) is 0 Å². The van der Waals surface area contributed by atoms with Gasteiger partial charge in [0.2, 0.25) is 0 Å². The molecular weight excluding hydrogens is 384 g/mol. The maximum atomic E-state index is 12.7. The predicted molar refractivity (Wildman–Crippen MR) is 100 cm³/mol. The van der Waals surface area contributed by atoms with Crippen LogP contribution in [0.2, 0.25) is 5.02 Å². The van der Waals surface area contributed by atoms with Crippen molar-refractivity contribution in [2.75, 3.05) is 18.5 Å². The molecule has 0 aromatic heterocycles. The van der Waals surface area contributed by atoms with Gasteiger partial charge in [-0.1, -0.05) is 35.6 Å². The van der Waals surface area contributed by atoms with Gasteiger partial charge in [0, 0.05) is 22.8 Å². The number of halogens is 1. The number of amides is 2. The Balaban J connectivity index is 1.89. The number of fused-ring (bicyclic) bond motifs is 1. The van der Waals surface area contributed by atoms with Crippen molar-refractivity contribution in [3.05, 3.63) is 33.7 Å². The molecule has 130 valence electrons. The predicted octanol–water partition coefficient (Wildman–Crippen LogP) is 2.82. The Hall–Kier alpha value is -1.90. The first-order chi connectivity index (χ1) is 11.9. The van der Waals surface area contributed by atoms with Crippen LogP contribution in [0.4, 0.5) is 5.69 Å². The van der Waals surface area contributed by atoms with E-state index in [9.17, 15) is 14.4 Å². The Kier molecular flexibility index (Phi) is 5.12. The molecule has 25 heavy (non-hydrogen) atoms. The number of hydrogen-bond donors (Lipinski definition) is 1. The zero-order valence-electron chi connectivity index (χ0n) is 13.1. The highest BCUT2D eigenvalue weighted by molar-refractivity contribution is 8.26. The van der Waals surface area contributed by atoms with Crippen LogP contribution in [0.1, 0.15) is 18.9 Å². The minimum Gasteiger partial charge on any atom is -0.466 e. The molecule has 3 rings (SSSR count). The van der Waals surface area contributed by atoms with Gasteiger partial charge in [-0.3, -0.25) is 19.3 Å². The molecule has 0 aliphatic carbocycles. The number of ether oxygens (including phenoxy) is 1. The number of rotatable bonds is 4. The summed E-state index contributed by atoms with van der Waals surface area (Å²) in [4.78, 5) is 38.1. The summed E-state index contributed by atoms with van der Waals surface area (Å²) in [5, 5.41) is 3.18. The summed E-state index contributed by atoms with van der Waals surface area (Å²) in [6.07, 6.45) is 0.0392. The number of hydrogen-bond acceptors (Lipinski definition) is 6. The standard InChI is InChI=1S/C16H13ClN2O4S2/c1-2-23-11(20)5-6-19-15(22)13(25-16(19)24)12-9-7-8(17)3-4-10(9)18-14(12)21/h3-4,7H,2,5-6H2,1H3,(H,18,21)/b13-12-. The van der Waals surface area contributed by atoms with Crippen LogP contribution in [0.3, 0.4) is 0 Å². The molecule has 0 atom stereocenters.